The number of rotatable bonds is 13. The van der Waals surface area contributed by atoms with Crippen LogP contribution in [0.15, 0.2) is 30.3 Å². The van der Waals surface area contributed by atoms with Crippen LogP contribution < -0.4 is 9.84 Å². The summed E-state index contributed by atoms with van der Waals surface area (Å²) in [6.07, 6.45) is 7.44. The number of aliphatic hydroxyl groups excluding tert-OH is 1. The molecule has 2 aromatic rings. The maximum Gasteiger partial charge on any atom is 0.219 e. The minimum absolute atomic E-state index is 0.00224. The van der Waals surface area contributed by atoms with Gasteiger partial charge in [-0.1, -0.05) is 57.2 Å². The molecule has 162 valence electrons. The van der Waals surface area contributed by atoms with E-state index in [2.05, 4.69) is 23.7 Å². The second kappa shape index (κ2) is 13.6. The maximum atomic E-state index is 10.7. The zero-order chi connectivity index (χ0) is 21.6. The fraction of sp³-hybridized carbons (Fsp3) is 0.520. The van der Waals surface area contributed by atoms with E-state index < -0.39 is 12.1 Å². The number of carbonyl (C=O) groups excluding carboxylic acids is 1. The van der Waals surface area contributed by atoms with Gasteiger partial charge >= 0.3 is 0 Å². The predicted molar refractivity (Wildman–Crippen MR) is 117 cm³/mol. The average molecular weight is 411 g/mol. The molecule has 0 amide bonds. The molecule has 0 fully saturated rings. The van der Waals surface area contributed by atoms with Crippen LogP contribution in [0.2, 0.25) is 0 Å². The number of carboxylic acids is 1. The lowest BCUT2D eigenvalue weighted by Gasteiger charge is -2.15. The zero-order valence-corrected chi connectivity index (χ0v) is 17.9. The number of benzene rings is 1. The first-order valence-electron chi connectivity index (χ1n) is 11.0. The molecule has 0 saturated heterocycles. The van der Waals surface area contributed by atoms with Crippen molar-refractivity contribution < 1.29 is 19.7 Å². The van der Waals surface area contributed by atoms with Crippen molar-refractivity contribution in [2.75, 3.05) is 6.61 Å². The highest BCUT2D eigenvalue weighted by Gasteiger charge is 2.16. The Morgan fingerprint density at radius 3 is 2.70 bits per heavy atom. The molecule has 5 heteroatoms. The molecule has 1 heterocycles. The maximum absolute atomic E-state index is 10.7. The predicted octanol–water partition coefficient (Wildman–Crippen LogP) is 4.32. The van der Waals surface area contributed by atoms with Crippen molar-refractivity contribution in [3.63, 3.8) is 0 Å². The van der Waals surface area contributed by atoms with E-state index in [1.54, 1.807) is 0 Å². The van der Waals surface area contributed by atoms with Crippen LogP contribution in [0.3, 0.4) is 0 Å². The number of hydrogen-bond acceptors (Lipinski definition) is 5. The number of nitrogens with zero attached hydrogens (tertiary/aromatic N) is 1. The summed E-state index contributed by atoms with van der Waals surface area (Å²) in [5, 5.41) is 22.0. The van der Waals surface area contributed by atoms with E-state index in [9.17, 15) is 15.0 Å². The molecule has 1 N–H and O–H groups in total. The average Bonchev–Trinajstić information content (AvgIpc) is 2.74. The highest BCUT2D eigenvalue weighted by molar-refractivity contribution is 5.80. The summed E-state index contributed by atoms with van der Waals surface area (Å²) < 4.78 is 5.95. The smallest absolute Gasteiger partial charge is 0.219 e. The van der Waals surface area contributed by atoms with Gasteiger partial charge in [0.1, 0.15) is 0 Å². The topological polar surface area (TPSA) is 82.5 Å². The van der Waals surface area contributed by atoms with Crippen molar-refractivity contribution in [2.45, 2.75) is 77.2 Å². The number of para-hydroxylation sites is 1. The first-order chi connectivity index (χ1) is 14.6. The van der Waals surface area contributed by atoms with Crippen LogP contribution >= 0.6 is 0 Å². The molecule has 30 heavy (non-hydrogen) atoms. The first-order valence-corrected chi connectivity index (χ1v) is 11.0. The van der Waals surface area contributed by atoms with E-state index >= 15 is 0 Å². The molecule has 2 rings (SSSR count). The minimum Gasteiger partial charge on any atom is -0.550 e. The van der Waals surface area contributed by atoms with Crippen LogP contribution in [0.25, 0.3) is 10.9 Å². The molecule has 1 unspecified atom stereocenters. The van der Waals surface area contributed by atoms with Gasteiger partial charge in [-0.15, -0.1) is 11.8 Å². The summed E-state index contributed by atoms with van der Waals surface area (Å²) in [5.41, 5.74) is 1.48. The summed E-state index contributed by atoms with van der Waals surface area (Å²) >= 11 is 0. The van der Waals surface area contributed by atoms with Gasteiger partial charge < -0.3 is 19.7 Å². The Morgan fingerprint density at radius 1 is 1.13 bits per heavy atom. The molecule has 0 spiro atoms. The number of carbonyl (C=O) groups is 1. The minimum atomic E-state index is -1.06. The largest absolute Gasteiger partial charge is 0.550 e. The Bertz CT molecular complexity index is 853. The highest BCUT2D eigenvalue weighted by atomic mass is 16.5. The number of aromatic nitrogens is 1. The molecule has 0 bridgehead atoms. The summed E-state index contributed by atoms with van der Waals surface area (Å²) in [6, 6.07) is 9.68. The van der Waals surface area contributed by atoms with Crippen molar-refractivity contribution in [2.24, 2.45) is 0 Å². The second-order valence-electron chi connectivity index (χ2n) is 7.49. The van der Waals surface area contributed by atoms with Crippen molar-refractivity contribution in [3.05, 3.63) is 35.9 Å². The summed E-state index contributed by atoms with van der Waals surface area (Å²) in [7, 11) is 0. The number of unbranched alkanes of at least 4 members (excludes halogenated alkanes) is 6. The molecular formula is C25H32NO4-. The SMILES string of the molecule is CCCCCCCCOc1nc2ccccc2cc1C(O)CC#CCCCC(=O)[O-]. The zero-order valence-electron chi connectivity index (χ0n) is 17.9. The molecule has 1 aromatic heterocycles. The van der Waals surface area contributed by atoms with Crippen molar-refractivity contribution in [3.8, 4) is 17.7 Å². The quantitative estimate of drug-likeness (QED) is 0.393. The van der Waals surface area contributed by atoms with Crippen molar-refractivity contribution in [1.82, 2.24) is 4.98 Å². The summed E-state index contributed by atoms with van der Waals surface area (Å²) in [5.74, 6) is 5.25. The Labute approximate surface area is 179 Å². The van der Waals surface area contributed by atoms with E-state index in [0.29, 0.717) is 30.9 Å². The number of pyridine rings is 1. The fourth-order valence-electron chi connectivity index (χ4n) is 3.21. The number of fused-ring (bicyclic) bond motifs is 1. The first kappa shape index (κ1) is 23.7. The number of carboxylic acid groups (broad SMARTS) is 1. The number of aliphatic hydroxyl groups is 1. The Morgan fingerprint density at radius 2 is 1.90 bits per heavy atom. The van der Waals surface area contributed by atoms with Gasteiger partial charge in [0.05, 0.1) is 18.2 Å². The van der Waals surface area contributed by atoms with Crippen molar-refractivity contribution in [1.29, 1.82) is 0 Å². The molecule has 5 nitrogen and oxygen atoms in total. The monoisotopic (exact) mass is 410 g/mol. The molecule has 1 aromatic carbocycles. The third-order valence-corrected chi connectivity index (χ3v) is 4.92. The molecule has 1 atom stereocenters. The van der Waals surface area contributed by atoms with Crippen LogP contribution in [-0.2, 0) is 4.79 Å². The van der Waals surface area contributed by atoms with E-state index in [4.69, 9.17) is 4.74 Å². The van der Waals surface area contributed by atoms with Gasteiger partial charge in [-0.3, -0.25) is 0 Å². The lowest BCUT2D eigenvalue weighted by molar-refractivity contribution is -0.305. The van der Waals surface area contributed by atoms with Gasteiger partial charge in [0, 0.05) is 29.8 Å². The molecule has 0 aliphatic carbocycles. The van der Waals surface area contributed by atoms with E-state index in [1.807, 2.05) is 30.3 Å². The third-order valence-electron chi connectivity index (χ3n) is 4.92. The van der Waals surface area contributed by atoms with Gasteiger partial charge in [0.2, 0.25) is 5.88 Å². The third kappa shape index (κ3) is 8.42. The summed E-state index contributed by atoms with van der Waals surface area (Å²) in [4.78, 5) is 15.0. The number of hydrogen-bond donors (Lipinski definition) is 1. The van der Waals surface area contributed by atoms with Crippen LogP contribution in [0.4, 0.5) is 0 Å². The molecule has 0 aliphatic heterocycles. The standard InChI is InChI=1S/C25H33NO4/c1-2-3-4-5-8-13-18-30-25-21(19-20-14-11-12-15-22(20)26-25)23(27)16-9-6-7-10-17-24(28)29/h11-12,14-15,19,23,27H,2-5,7-8,10,13,16-18H2,1H3,(H,28,29)/p-1. The van der Waals surface area contributed by atoms with E-state index in [-0.39, 0.29) is 12.8 Å². The van der Waals surface area contributed by atoms with Crippen molar-refractivity contribution >= 4 is 16.9 Å². The number of aliphatic carboxylic acids is 1. The van der Waals surface area contributed by atoms with E-state index in [0.717, 1.165) is 23.7 Å². The number of ether oxygens (including phenoxy) is 1. The lowest BCUT2D eigenvalue weighted by atomic mass is 10.1. The molecule has 0 aliphatic rings. The van der Waals surface area contributed by atoms with Crippen LogP contribution in [0.5, 0.6) is 5.88 Å². The van der Waals surface area contributed by atoms with E-state index in [1.165, 1.54) is 25.7 Å². The Balaban J connectivity index is 1.98. The normalized spacial score (nSPS) is 11.7. The lowest BCUT2D eigenvalue weighted by Crippen LogP contribution is -2.21. The van der Waals surface area contributed by atoms with Gasteiger partial charge in [0.15, 0.2) is 0 Å². The highest BCUT2D eigenvalue weighted by Crippen LogP contribution is 2.29. The summed E-state index contributed by atoms with van der Waals surface area (Å²) in [6.45, 7) is 2.78. The Hall–Kier alpha value is -2.58. The van der Waals surface area contributed by atoms with Crippen LogP contribution in [0, 0.1) is 11.8 Å². The van der Waals surface area contributed by atoms with Gasteiger partial charge in [0.25, 0.3) is 0 Å². The molecule has 0 saturated carbocycles. The van der Waals surface area contributed by atoms with Crippen LogP contribution in [-0.4, -0.2) is 22.7 Å². The van der Waals surface area contributed by atoms with Gasteiger partial charge in [-0.25, -0.2) is 4.98 Å². The molecule has 0 radical (unpaired) electrons. The second-order valence-corrected chi connectivity index (χ2v) is 7.49. The van der Waals surface area contributed by atoms with Gasteiger partial charge in [-0.05, 0) is 31.4 Å². The van der Waals surface area contributed by atoms with Gasteiger partial charge in [-0.2, -0.15) is 0 Å². The Kier molecular flexibility index (Phi) is 10.7. The fourth-order valence-corrected chi connectivity index (χ4v) is 3.21. The van der Waals surface area contributed by atoms with Crippen LogP contribution in [0.1, 0.15) is 82.8 Å². The molecular weight excluding hydrogens is 378 g/mol.